The summed E-state index contributed by atoms with van der Waals surface area (Å²) in [5.74, 6) is 1.84. The van der Waals surface area contributed by atoms with Gasteiger partial charge in [-0.15, -0.1) is 0 Å². The van der Waals surface area contributed by atoms with Crippen LogP contribution in [0, 0.1) is 0 Å². The monoisotopic (exact) mass is 449 g/mol. The second kappa shape index (κ2) is 9.29. The average Bonchev–Trinajstić information content (AvgIpc) is 3.18. The van der Waals surface area contributed by atoms with Crippen LogP contribution in [0.25, 0.3) is 0 Å². The van der Waals surface area contributed by atoms with E-state index in [2.05, 4.69) is 21.3 Å². The maximum Gasteiger partial charge on any atom is 0.233 e. The maximum absolute atomic E-state index is 11.5. The van der Waals surface area contributed by atoms with Gasteiger partial charge in [-0.3, -0.25) is 4.99 Å². The first-order valence-corrected chi connectivity index (χ1v) is 11.7. The standard InChI is InChI=1S/C23H23N5O3S/c1-2-32(29,30)27-14-6-9-19-22-20(23(24)26-15-25-22)21(28-19)16-10-12-18(13-11-16)31-17-7-4-3-5-8-17/h2-5,7-8,10-13,15,19,27H,1,6,9,14H2,(H2,24,25,26). The Morgan fingerprint density at radius 1 is 1.06 bits per heavy atom. The molecule has 0 saturated heterocycles. The average molecular weight is 450 g/mol. The molecule has 0 bridgehead atoms. The normalized spacial score (nSPS) is 15.1. The molecule has 0 radical (unpaired) electrons. The maximum atomic E-state index is 11.5. The van der Waals surface area contributed by atoms with Crippen LogP contribution in [0.1, 0.15) is 35.7 Å². The first-order valence-electron chi connectivity index (χ1n) is 10.1. The molecule has 1 aromatic heterocycles. The van der Waals surface area contributed by atoms with E-state index in [0.717, 1.165) is 33.7 Å². The minimum atomic E-state index is -3.44. The number of hydrogen-bond acceptors (Lipinski definition) is 7. The number of fused-ring (bicyclic) bond motifs is 1. The predicted molar refractivity (Wildman–Crippen MR) is 124 cm³/mol. The Bertz CT molecular complexity index is 1240. The zero-order chi connectivity index (χ0) is 22.6. The van der Waals surface area contributed by atoms with Crippen LogP contribution in [0.4, 0.5) is 5.82 Å². The van der Waals surface area contributed by atoms with Gasteiger partial charge in [0.1, 0.15) is 23.6 Å². The lowest BCUT2D eigenvalue weighted by Crippen LogP contribution is -2.22. The summed E-state index contributed by atoms with van der Waals surface area (Å²) >= 11 is 0. The van der Waals surface area contributed by atoms with Crippen molar-refractivity contribution in [3.63, 3.8) is 0 Å². The number of para-hydroxylation sites is 1. The molecule has 1 aliphatic rings. The number of ether oxygens (including phenoxy) is 1. The molecule has 0 spiro atoms. The van der Waals surface area contributed by atoms with E-state index >= 15 is 0 Å². The van der Waals surface area contributed by atoms with Crippen LogP contribution in [-0.2, 0) is 10.0 Å². The number of aliphatic imine (C=N–C) groups is 1. The van der Waals surface area contributed by atoms with Gasteiger partial charge in [-0.2, -0.15) is 0 Å². The highest BCUT2D eigenvalue weighted by Crippen LogP contribution is 2.36. The van der Waals surface area contributed by atoms with Gasteiger partial charge in [-0.25, -0.2) is 23.1 Å². The number of hydrogen-bond donors (Lipinski definition) is 2. The minimum absolute atomic E-state index is 0.223. The fourth-order valence-corrected chi connectivity index (χ4v) is 4.03. The van der Waals surface area contributed by atoms with Crippen molar-refractivity contribution in [1.29, 1.82) is 0 Å². The lowest BCUT2D eigenvalue weighted by molar-refractivity contribution is 0.482. The molecule has 2 aromatic carbocycles. The first kappa shape index (κ1) is 21.7. The Morgan fingerprint density at radius 3 is 2.50 bits per heavy atom. The van der Waals surface area contributed by atoms with E-state index < -0.39 is 10.0 Å². The molecule has 32 heavy (non-hydrogen) atoms. The SMILES string of the molecule is C=CS(=O)(=O)NCCCC1N=C(c2ccc(Oc3ccccc3)cc2)c2c(N)ncnc21. The molecule has 164 valence electrons. The molecule has 0 fully saturated rings. The number of benzene rings is 2. The van der Waals surface area contributed by atoms with Gasteiger partial charge in [0.15, 0.2) is 0 Å². The summed E-state index contributed by atoms with van der Waals surface area (Å²) in [4.78, 5) is 13.4. The number of aromatic nitrogens is 2. The van der Waals surface area contributed by atoms with E-state index in [1.807, 2.05) is 54.6 Å². The van der Waals surface area contributed by atoms with Gasteiger partial charge < -0.3 is 10.5 Å². The number of nitrogens with one attached hydrogen (secondary N) is 1. The molecule has 2 heterocycles. The van der Waals surface area contributed by atoms with Gasteiger partial charge in [-0.05, 0) is 49.2 Å². The number of rotatable bonds is 9. The third-order valence-corrected chi connectivity index (χ3v) is 6.07. The molecule has 9 heteroatoms. The van der Waals surface area contributed by atoms with Crippen molar-refractivity contribution < 1.29 is 13.2 Å². The van der Waals surface area contributed by atoms with Gasteiger partial charge in [0.25, 0.3) is 0 Å². The summed E-state index contributed by atoms with van der Waals surface area (Å²) in [6, 6.07) is 16.9. The smallest absolute Gasteiger partial charge is 0.233 e. The first-order chi connectivity index (χ1) is 15.5. The lowest BCUT2D eigenvalue weighted by atomic mass is 10.0. The molecule has 1 unspecified atom stereocenters. The zero-order valence-corrected chi connectivity index (χ0v) is 18.1. The van der Waals surface area contributed by atoms with Crippen LogP contribution >= 0.6 is 0 Å². The number of nitrogens with zero attached hydrogens (tertiary/aromatic N) is 3. The van der Waals surface area contributed by atoms with Crippen molar-refractivity contribution in [2.24, 2.45) is 4.99 Å². The summed E-state index contributed by atoms with van der Waals surface area (Å²) in [5.41, 5.74) is 9.24. The number of sulfonamides is 1. The Kier molecular flexibility index (Phi) is 6.29. The Hall–Kier alpha value is -3.56. The van der Waals surface area contributed by atoms with E-state index in [1.165, 1.54) is 6.33 Å². The summed E-state index contributed by atoms with van der Waals surface area (Å²) < 4.78 is 31.4. The second-order valence-electron chi connectivity index (χ2n) is 7.20. The molecule has 1 atom stereocenters. The quantitative estimate of drug-likeness (QED) is 0.482. The molecular formula is C23H23N5O3S. The molecular weight excluding hydrogens is 426 g/mol. The van der Waals surface area contributed by atoms with Crippen molar-refractivity contribution in [2.45, 2.75) is 18.9 Å². The third kappa shape index (κ3) is 4.84. The molecule has 4 rings (SSSR count). The highest BCUT2D eigenvalue weighted by molar-refractivity contribution is 7.92. The van der Waals surface area contributed by atoms with Crippen molar-refractivity contribution >= 4 is 21.6 Å². The van der Waals surface area contributed by atoms with Gasteiger partial charge in [-0.1, -0.05) is 24.8 Å². The zero-order valence-electron chi connectivity index (χ0n) is 17.3. The van der Waals surface area contributed by atoms with E-state index in [1.54, 1.807) is 0 Å². The minimum Gasteiger partial charge on any atom is -0.457 e. The van der Waals surface area contributed by atoms with Gasteiger partial charge in [0.05, 0.1) is 23.0 Å². The van der Waals surface area contributed by atoms with Crippen LogP contribution in [0.5, 0.6) is 11.5 Å². The largest absolute Gasteiger partial charge is 0.457 e. The molecule has 3 N–H and O–H groups in total. The van der Waals surface area contributed by atoms with Crippen LogP contribution in [0.2, 0.25) is 0 Å². The van der Waals surface area contributed by atoms with Crippen LogP contribution in [-0.4, -0.2) is 30.6 Å². The molecule has 1 aliphatic heterocycles. The van der Waals surface area contributed by atoms with E-state index in [0.29, 0.717) is 24.4 Å². The van der Waals surface area contributed by atoms with Crippen molar-refractivity contribution in [2.75, 3.05) is 12.3 Å². The summed E-state index contributed by atoms with van der Waals surface area (Å²) in [7, 11) is -3.44. The molecule has 0 aliphatic carbocycles. The van der Waals surface area contributed by atoms with Gasteiger partial charge in [0.2, 0.25) is 10.0 Å². The number of nitrogens with two attached hydrogens (primary N) is 1. The Balaban J connectivity index is 1.52. The fourth-order valence-electron chi connectivity index (χ4n) is 3.48. The van der Waals surface area contributed by atoms with Crippen LogP contribution in [0.3, 0.4) is 0 Å². The lowest BCUT2D eigenvalue weighted by Gasteiger charge is -2.09. The summed E-state index contributed by atoms with van der Waals surface area (Å²) in [5, 5.41) is 0.896. The Labute approximate surface area is 187 Å². The van der Waals surface area contributed by atoms with Gasteiger partial charge >= 0.3 is 0 Å². The van der Waals surface area contributed by atoms with Gasteiger partial charge in [0, 0.05) is 17.5 Å². The van der Waals surface area contributed by atoms with Crippen molar-refractivity contribution in [1.82, 2.24) is 14.7 Å². The van der Waals surface area contributed by atoms with Crippen LogP contribution in [0.15, 0.2) is 77.9 Å². The fraction of sp³-hybridized carbons (Fsp3) is 0.174. The Morgan fingerprint density at radius 2 is 1.78 bits per heavy atom. The summed E-state index contributed by atoms with van der Waals surface area (Å²) in [6.07, 6.45) is 2.63. The predicted octanol–water partition coefficient (Wildman–Crippen LogP) is 3.59. The molecule has 0 saturated carbocycles. The molecule has 3 aromatic rings. The number of anilines is 1. The van der Waals surface area contributed by atoms with Crippen molar-refractivity contribution in [3.05, 3.63) is 89.7 Å². The highest BCUT2D eigenvalue weighted by atomic mass is 32.2. The molecule has 0 amide bonds. The number of nitrogen functional groups attached to an aromatic ring is 1. The van der Waals surface area contributed by atoms with E-state index in [-0.39, 0.29) is 12.6 Å². The van der Waals surface area contributed by atoms with Crippen molar-refractivity contribution in [3.8, 4) is 11.5 Å². The van der Waals surface area contributed by atoms with E-state index in [9.17, 15) is 8.42 Å². The molecule has 8 nitrogen and oxygen atoms in total. The van der Waals surface area contributed by atoms with E-state index in [4.69, 9.17) is 15.5 Å². The topological polar surface area (TPSA) is 120 Å². The second-order valence-corrected chi connectivity index (χ2v) is 8.91. The summed E-state index contributed by atoms with van der Waals surface area (Å²) in [6.45, 7) is 3.58. The third-order valence-electron chi connectivity index (χ3n) is 5.03. The highest BCUT2D eigenvalue weighted by Gasteiger charge is 2.29. The van der Waals surface area contributed by atoms with Crippen LogP contribution < -0.4 is 15.2 Å².